The zero-order valence-corrected chi connectivity index (χ0v) is 17.9. The molecule has 2 aliphatic rings. The first kappa shape index (κ1) is 22.0. The van der Waals surface area contributed by atoms with E-state index in [0.717, 1.165) is 42.6 Å². The molecule has 0 radical (unpaired) electrons. The maximum atomic E-state index is 12.8. The SMILES string of the molecule is CCCCNC(=O)C1(NC(=O)CCN2C(=O)c3ccc(C)cc3C2=O)CCCCC1. The monoisotopic (exact) mass is 413 g/mol. The average Bonchev–Trinajstić information content (AvgIpc) is 2.96. The lowest BCUT2D eigenvalue weighted by Gasteiger charge is -2.36. The molecule has 1 aliphatic carbocycles. The van der Waals surface area contributed by atoms with Gasteiger partial charge in [-0.2, -0.15) is 0 Å². The van der Waals surface area contributed by atoms with Crippen LogP contribution in [0.1, 0.15) is 84.6 Å². The predicted octanol–water partition coefficient (Wildman–Crippen LogP) is 2.72. The number of carbonyl (C=O) groups excluding carboxylic acids is 4. The van der Waals surface area contributed by atoms with E-state index in [2.05, 4.69) is 17.6 Å². The maximum Gasteiger partial charge on any atom is 0.261 e. The third-order valence-corrected chi connectivity index (χ3v) is 6.02. The number of unbranched alkanes of at least 4 members (excludes halogenated alkanes) is 1. The minimum atomic E-state index is -0.887. The van der Waals surface area contributed by atoms with E-state index in [0.29, 0.717) is 30.5 Å². The molecule has 3 rings (SSSR count). The Morgan fingerprint density at radius 1 is 1.07 bits per heavy atom. The number of hydrogen-bond acceptors (Lipinski definition) is 4. The second kappa shape index (κ2) is 9.41. The Bertz CT molecular complexity index is 843. The summed E-state index contributed by atoms with van der Waals surface area (Å²) in [4.78, 5) is 51.8. The van der Waals surface area contributed by atoms with E-state index in [1.807, 2.05) is 6.92 Å². The molecular weight excluding hydrogens is 382 g/mol. The van der Waals surface area contributed by atoms with Crippen molar-refractivity contribution >= 4 is 23.6 Å². The Balaban J connectivity index is 1.61. The van der Waals surface area contributed by atoms with Crippen LogP contribution >= 0.6 is 0 Å². The van der Waals surface area contributed by atoms with Gasteiger partial charge in [0.05, 0.1) is 11.1 Å². The number of amides is 4. The molecule has 2 N–H and O–H groups in total. The van der Waals surface area contributed by atoms with Crippen molar-refractivity contribution in [3.63, 3.8) is 0 Å². The molecule has 0 spiro atoms. The van der Waals surface area contributed by atoms with Gasteiger partial charge >= 0.3 is 0 Å². The van der Waals surface area contributed by atoms with Crippen molar-refractivity contribution in [3.05, 3.63) is 34.9 Å². The van der Waals surface area contributed by atoms with Crippen molar-refractivity contribution in [1.82, 2.24) is 15.5 Å². The fraction of sp³-hybridized carbons (Fsp3) is 0.565. The lowest BCUT2D eigenvalue weighted by molar-refractivity contribution is -0.135. The summed E-state index contributed by atoms with van der Waals surface area (Å²) >= 11 is 0. The standard InChI is InChI=1S/C23H31N3O4/c1-3-4-13-24-22(30)23(11-6-5-7-12-23)25-19(27)10-14-26-20(28)17-9-8-16(2)15-18(17)21(26)29/h8-9,15H,3-7,10-14H2,1-2H3,(H,24,30)(H,25,27). The molecule has 0 atom stereocenters. The van der Waals surface area contributed by atoms with Gasteiger partial charge in [-0.3, -0.25) is 24.1 Å². The van der Waals surface area contributed by atoms with Gasteiger partial charge in [0.1, 0.15) is 5.54 Å². The molecule has 1 aliphatic heterocycles. The quantitative estimate of drug-likeness (QED) is 0.506. The summed E-state index contributed by atoms with van der Waals surface area (Å²) in [6.07, 6.45) is 5.92. The Hall–Kier alpha value is -2.70. The van der Waals surface area contributed by atoms with Crippen molar-refractivity contribution < 1.29 is 19.2 Å². The third kappa shape index (κ3) is 4.55. The fourth-order valence-corrected chi connectivity index (χ4v) is 4.26. The minimum absolute atomic E-state index is 0.00472. The third-order valence-electron chi connectivity index (χ3n) is 6.02. The number of fused-ring (bicyclic) bond motifs is 1. The molecule has 1 aromatic carbocycles. The summed E-state index contributed by atoms with van der Waals surface area (Å²) in [6, 6.07) is 5.15. The molecule has 1 heterocycles. The molecule has 7 nitrogen and oxygen atoms in total. The summed E-state index contributed by atoms with van der Waals surface area (Å²) in [5.74, 6) is -1.17. The summed E-state index contributed by atoms with van der Waals surface area (Å²) in [7, 11) is 0. The number of nitrogens with one attached hydrogen (secondary N) is 2. The van der Waals surface area contributed by atoms with Gasteiger partial charge in [-0.05, 0) is 38.3 Å². The Morgan fingerprint density at radius 3 is 2.47 bits per heavy atom. The summed E-state index contributed by atoms with van der Waals surface area (Å²) < 4.78 is 0. The highest BCUT2D eigenvalue weighted by Gasteiger charge is 2.41. The highest BCUT2D eigenvalue weighted by molar-refractivity contribution is 6.21. The molecule has 1 aromatic rings. The van der Waals surface area contributed by atoms with Crippen LogP contribution in [-0.2, 0) is 9.59 Å². The molecule has 0 aromatic heterocycles. The van der Waals surface area contributed by atoms with Crippen LogP contribution in [0.25, 0.3) is 0 Å². The molecule has 0 unspecified atom stereocenters. The second-order valence-corrected chi connectivity index (χ2v) is 8.36. The van der Waals surface area contributed by atoms with Gasteiger partial charge in [0, 0.05) is 19.5 Å². The number of imide groups is 1. The Kier molecular flexibility index (Phi) is 6.90. The van der Waals surface area contributed by atoms with Crippen molar-refractivity contribution in [2.24, 2.45) is 0 Å². The normalized spacial score (nSPS) is 17.6. The predicted molar refractivity (Wildman–Crippen MR) is 113 cm³/mol. The van der Waals surface area contributed by atoms with Gasteiger partial charge in [0.15, 0.2) is 0 Å². The van der Waals surface area contributed by atoms with Gasteiger partial charge in [0.2, 0.25) is 11.8 Å². The van der Waals surface area contributed by atoms with Crippen LogP contribution < -0.4 is 10.6 Å². The number of aryl methyl sites for hydroxylation is 1. The molecule has 0 saturated heterocycles. The average molecular weight is 414 g/mol. The molecule has 30 heavy (non-hydrogen) atoms. The Morgan fingerprint density at radius 2 is 1.77 bits per heavy atom. The lowest BCUT2D eigenvalue weighted by atomic mass is 9.80. The minimum Gasteiger partial charge on any atom is -0.354 e. The number of benzene rings is 1. The van der Waals surface area contributed by atoms with Crippen LogP contribution in [0.5, 0.6) is 0 Å². The van der Waals surface area contributed by atoms with E-state index in [4.69, 9.17) is 0 Å². The topological polar surface area (TPSA) is 95.6 Å². The number of carbonyl (C=O) groups is 4. The molecule has 0 bridgehead atoms. The van der Waals surface area contributed by atoms with Crippen LogP contribution in [0.4, 0.5) is 0 Å². The first-order valence-corrected chi connectivity index (χ1v) is 10.9. The maximum absolute atomic E-state index is 12.8. The molecule has 1 fully saturated rings. The number of nitrogens with zero attached hydrogens (tertiary/aromatic N) is 1. The number of hydrogen-bond donors (Lipinski definition) is 2. The molecular formula is C23H31N3O4. The fourth-order valence-electron chi connectivity index (χ4n) is 4.26. The first-order valence-electron chi connectivity index (χ1n) is 10.9. The molecule has 1 saturated carbocycles. The molecule has 162 valence electrons. The zero-order valence-electron chi connectivity index (χ0n) is 17.9. The van der Waals surface area contributed by atoms with E-state index >= 15 is 0 Å². The van der Waals surface area contributed by atoms with Crippen LogP contribution in [0.15, 0.2) is 18.2 Å². The van der Waals surface area contributed by atoms with E-state index < -0.39 is 5.54 Å². The van der Waals surface area contributed by atoms with Crippen molar-refractivity contribution in [2.75, 3.05) is 13.1 Å². The van der Waals surface area contributed by atoms with Gasteiger partial charge in [0.25, 0.3) is 11.8 Å². The van der Waals surface area contributed by atoms with Gasteiger partial charge in [-0.1, -0.05) is 44.2 Å². The summed E-state index contributed by atoms with van der Waals surface area (Å²) in [6.45, 7) is 4.53. The summed E-state index contributed by atoms with van der Waals surface area (Å²) in [5.41, 5.74) is 0.787. The van der Waals surface area contributed by atoms with Gasteiger partial charge < -0.3 is 10.6 Å². The van der Waals surface area contributed by atoms with Crippen molar-refractivity contribution in [1.29, 1.82) is 0 Å². The molecule has 4 amide bonds. The van der Waals surface area contributed by atoms with Gasteiger partial charge in [-0.25, -0.2) is 0 Å². The van der Waals surface area contributed by atoms with Crippen molar-refractivity contribution in [2.45, 2.75) is 70.8 Å². The highest BCUT2D eigenvalue weighted by Crippen LogP contribution is 2.29. The van der Waals surface area contributed by atoms with Crippen LogP contribution in [0.3, 0.4) is 0 Å². The second-order valence-electron chi connectivity index (χ2n) is 8.36. The van der Waals surface area contributed by atoms with E-state index in [-0.39, 0.29) is 36.6 Å². The lowest BCUT2D eigenvalue weighted by Crippen LogP contribution is -2.60. The van der Waals surface area contributed by atoms with Crippen molar-refractivity contribution in [3.8, 4) is 0 Å². The van der Waals surface area contributed by atoms with E-state index in [1.54, 1.807) is 18.2 Å². The molecule has 7 heteroatoms. The smallest absolute Gasteiger partial charge is 0.261 e. The van der Waals surface area contributed by atoms with E-state index in [1.165, 1.54) is 0 Å². The highest BCUT2D eigenvalue weighted by atomic mass is 16.2. The van der Waals surface area contributed by atoms with Crippen LogP contribution in [-0.4, -0.2) is 47.2 Å². The van der Waals surface area contributed by atoms with Crippen LogP contribution in [0, 0.1) is 6.92 Å². The van der Waals surface area contributed by atoms with Gasteiger partial charge in [-0.15, -0.1) is 0 Å². The zero-order chi connectivity index (χ0) is 21.7. The first-order chi connectivity index (χ1) is 14.4. The summed E-state index contributed by atoms with van der Waals surface area (Å²) in [5, 5.41) is 5.90. The van der Waals surface area contributed by atoms with Crippen LogP contribution in [0.2, 0.25) is 0 Å². The Labute approximate surface area is 177 Å². The largest absolute Gasteiger partial charge is 0.354 e. The van der Waals surface area contributed by atoms with E-state index in [9.17, 15) is 19.2 Å². The number of rotatable bonds is 8.